The molecule has 0 aromatic heterocycles. The molecule has 0 aliphatic heterocycles. The number of nitro groups is 1. The Morgan fingerprint density at radius 3 is 2.38 bits per heavy atom. The number of hydrogen-bond donors (Lipinski definition) is 1. The number of carbonyl (C=O) groups excluding carboxylic acids is 1. The summed E-state index contributed by atoms with van der Waals surface area (Å²) < 4.78 is 1.90. The first kappa shape index (κ1) is 16.1. The van der Waals surface area contributed by atoms with Gasteiger partial charge < -0.3 is 5.32 Å². The van der Waals surface area contributed by atoms with Crippen molar-refractivity contribution in [2.75, 3.05) is 5.32 Å². The van der Waals surface area contributed by atoms with E-state index < -0.39 is 10.8 Å². The van der Waals surface area contributed by atoms with Crippen LogP contribution in [0.3, 0.4) is 0 Å². The van der Waals surface area contributed by atoms with E-state index in [-0.39, 0.29) is 11.3 Å². The van der Waals surface area contributed by atoms with Crippen LogP contribution in [0.25, 0.3) is 0 Å². The average molecular weight is 479 g/mol. The van der Waals surface area contributed by atoms with Gasteiger partial charge in [-0.25, -0.2) is 0 Å². The molecule has 0 saturated heterocycles. The van der Waals surface area contributed by atoms with Crippen LogP contribution in [-0.2, 0) is 0 Å². The molecule has 2 rings (SSSR count). The van der Waals surface area contributed by atoms with Gasteiger partial charge in [0, 0.05) is 20.6 Å². The molecular formula is C13H7Br3N2O3. The molecule has 21 heavy (non-hydrogen) atoms. The van der Waals surface area contributed by atoms with Crippen molar-refractivity contribution in [1.82, 2.24) is 0 Å². The molecule has 2 aromatic carbocycles. The Labute approximate surface area is 145 Å². The minimum atomic E-state index is -0.545. The first-order valence-electron chi connectivity index (χ1n) is 5.59. The lowest BCUT2D eigenvalue weighted by Crippen LogP contribution is -2.12. The summed E-state index contributed by atoms with van der Waals surface area (Å²) in [6.07, 6.45) is 0. The summed E-state index contributed by atoms with van der Waals surface area (Å²) >= 11 is 9.74. The second kappa shape index (κ2) is 6.67. The molecule has 0 spiro atoms. The van der Waals surface area contributed by atoms with Crippen LogP contribution in [0.15, 0.2) is 49.8 Å². The molecule has 0 atom stereocenters. The maximum Gasteiger partial charge on any atom is 0.284 e. The first-order valence-corrected chi connectivity index (χ1v) is 7.96. The van der Waals surface area contributed by atoms with E-state index in [4.69, 9.17) is 0 Å². The molecule has 1 N–H and O–H groups in total. The summed E-state index contributed by atoms with van der Waals surface area (Å²) in [6, 6.07) is 9.51. The molecule has 0 fully saturated rings. The SMILES string of the molecule is O=C(Nc1ccc(Br)cc1Br)c1ccc(Br)c([N+](=O)[O-])c1. The van der Waals surface area contributed by atoms with Crippen LogP contribution < -0.4 is 5.32 Å². The number of nitrogens with zero attached hydrogens (tertiary/aromatic N) is 1. The minimum Gasteiger partial charge on any atom is -0.321 e. The average Bonchev–Trinajstić information content (AvgIpc) is 2.42. The van der Waals surface area contributed by atoms with Crippen LogP contribution in [0.4, 0.5) is 11.4 Å². The van der Waals surface area contributed by atoms with E-state index in [9.17, 15) is 14.9 Å². The van der Waals surface area contributed by atoms with E-state index in [2.05, 4.69) is 53.1 Å². The summed E-state index contributed by atoms with van der Waals surface area (Å²) in [5.74, 6) is -0.423. The van der Waals surface area contributed by atoms with Gasteiger partial charge in [0.25, 0.3) is 11.6 Å². The van der Waals surface area contributed by atoms with Crippen LogP contribution in [-0.4, -0.2) is 10.8 Å². The van der Waals surface area contributed by atoms with Crippen LogP contribution >= 0.6 is 47.8 Å². The quantitative estimate of drug-likeness (QED) is 0.490. The number of anilines is 1. The smallest absolute Gasteiger partial charge is 0.284 e. The molecule has 0 aliphatic rings. The zero-order valence-corrected chi connectivity index (χ0v) is 15.0. The van der Waals surface area contributed by atoms with Crippen molar-refractivity contribution in [3.8, 4) is 0 Å². The highest BCUT2D eigenvalue weighted by molar-refractivity contribution is 9.11. The Morgan fingerprint density at radius 1 is 1.05 bits per heavy atom. The zero-order valence-electron chi connectivity index (χ0n) is 10.3. The van der Waals surface area contributed by atoms with E-state index >= 15 is 0 Å². The second-order valence-corrected chi connectivity index (χ2v) is 6.63. The predicted octanol–water partition coefficient (Wildman–Crippen LogP) is 5.13. The van der Waals surface area contributed by atoms with Crippen molar-refractivity contribution < 1.29 is 9.72 Å². The zero-order chi connectivity index (χ0) is 15.6. The molecular weight excluding hydrogens is 472 g/mol. The highest BCUT2D eigenvalue weighted by Crippen LogP contribution is 2.28. The normalized spacial score (nSPS) is 10.2. The van der Waals surface area contributed by atoms with Gasteiger partial charge in [0.05, 0.1) is 15.1 Å². The number of nitro benzene ring substituents is 1. The number of amides is 1. The highest BCUT2D eigenvalue weighted by Gasteiger charge is 2.16. The summed E-state index contributed by atoms with van der Waals surface area (Å²) in [4.78, 5) is 22.5. The van der Waals surface area contributed by atoms with Crippen molar-refractivity contribution in [3.05, 3.63) is 65.5 Å². The number of benzene rings is 2. The third-order valence-corrected chi connectivity index (χ3v) is 4.40. The van der Waals surface area contributed by atoms with Crippen LogP contribution in [0.2, 0.25) is 0 Å². The number of rotatable bonds is 3. The van der Waals surface area contributed by atoms with Gasteiger partial charge in [-0.2, -0.15) is 0 Å². The fourth-order valence-electron chi connectivity index (χ4n) is 1.58. The van der Waals surface area contributed by atoms with Crippen LogP contribution in [0, 0.1) is 10.1 Å². The Hall–Kier alpha value is -1.25. The lowest BCUT2D eigenvalue weighted by Gasteiger charge is -2.08. The molecule has 0 unspecified atom stereocenters. The lowest BCUT2D eigenvalue weighted by atomic mass is 10.2. The Kier molecular flexibility index (Phi) is 5.13. The maximum atomic E-state index is 12.2. The van der Waals surface area contributed by atoms with Crippen molar-refractivity contribution in [2.24, 2.45) is 0 Å². The summed E-state index contributed by atoms with van der Waals surface area (Å²) in [6.45, 7) is 0. The third kappa shape index (κ3) is 3.90. The molecule has 5 nitrogen and oxygen atoms in total. The molecule has 8 heteroatoms. The fourth-order valence-corrected chi connectivity index (χ4v) is 3.12. The van der Waals surface area contributed by atoms with Gasteiger partial charge >= 0.3 is 0 Å². The van der Waals surface area contributed by atoms with E-state index in [1.54, 1.807) is 18.2 Å². The monoisotopic (exact) mass is 476 g/mol. The van der Waals surface area contributed by atoms with E-state index in [0.29, 0.717) is 14.6 Å². The predicted molar refractivity (Wildman–Crippen MR) is 90.6 cm³/mol. The molecule has 0 saturated carbocycles. The number of carbonyl (C=O) groups is 1. The molecule has 0 aliphatic carbocycles. The standard InChI is InChI=1S/C13H7Br3N2O3/c14-8-2-4-11(10(16)6-8)17-13(19)7-1-3-9(15)12(5-7)18(20)21/h1-6H,(H,17,19). The first-order chi connectivity index (χ1) is 9.88. The number of halogens is 3. The van der Waals surface area contributed by atoms with Gasteiger partial charge in [-0.15, -0.1) is 0 Å². The third-order valence-electron chi connectivity index (χ3n) is 2.58. The van der Waals surface area contributed by atoms with Gasteiger partial charge in [-0.3, -0.25) is 14.9 Å². The Balaban J connectivity index is 2.28. The molecule has 2 aromatic rings. The minimum absolute atomic E-state index is 0.155. The lowest BCUT2D eigenvalue weighted by molar-refractivity contribution is -0.385. The fraction of sp³-hybridized carbons (Fsp3) is 0. The summed E-state index contributed by atoms with van der Waals surface area (Å²) in [5, 5.41) is 13.6. The number of nitrogens with one attached hydrogen (secondary N) is 1. The highest BCUT2D eigenvalue weighted by atomic mass is 79.9. The molecule has 0 heterocycles. The Morgan fingerprint density at radius 2 is 1.76 bits per heavy atom. The Bertz CT molecular complexity index is 735. The van der Waals surface area contributed by atoms with Gasteiger partial charge in [-0.1, -0.05) is 15.9 Å². The second-order valence-electron chi connectivity index (χ2n) is 4.00. The van der Waals surface area contributed by atoms with Crippen molar-refractivity contribution in [2.45, 2.75) is 0 Å². The van der Waals surface area contributed by atoms with Gasteiger partial charge in [-0.05, 0) is 62.2 Å². The van der Waals surface area contributed by atoms with Gasteiger partial charge in [0.1, 0.15) is 0 Å². The molecule has 0 bridgehead atoms. The van der Waals surface area contributed by atoms with Crippen LogP contribution in [0.5, 0.6) is 0 Å². The van der Waals surface area contributed by atoms with Crippen molar-refractivity contribution in [3.63, 3.8) is 0 Å². The van der Waals surface area contributed by atoms with Gasteiger partial charge in [0.2, 0.25) is 0 Å². The van der Waals surface area contributed by atoms with E-state index in [1.807, 2.05) is 0 Å². The van der Waals surface area contributed by atoms with E-state index in [1.165, 1.54) is 18.2 Å². The topological polar surface area (TPSA) is 72.2 Å². The van der Waals surface area contributed by atoms with Crippen LogP contribution in [0.1, 0.15) is 10.4 Å². The molecule has 0 radical (unpaired) electrons. The van der Waals surface area contributed by atoms with E-state index in [0.717, 1.165) is 4.47 Å². The van der Waals surface area contributed by atoms with Gasteiger partial charge in [0.15, 0.2) is 0 Å². The van der Waals surface area contributed by atoms with Crippen molar-refractivity contribution >= 4 is 65.1 Å². The summed E-state index contributed by atoms with van der Waals surface area (Å²) in [7, 11) is 0. The van der Waals surface area contributed by atoms with Crippen molar-refractivity contribution in [1.29, 1.82) is 0 Å². The molecule has 108 valence electrons. The molecule has 1 amide bonds. The summed E-state index contributed by atoms with van der Waals surface area (Å²) in [5.41, 5.74) is 0.631. The largest absolute Gasteiger partial charge is 0.321 e. The maximum absolute atomic E-state index is 12.2. The number of hydrogen-bond acceptors (Lipinski definition) is 3.